The molecule has 0 aromatic heterocycles. The monoisotopic (exact) mass is 248 g/mol. The van der Waals surface area contributed by atoms with Crippen molar-refractivity contribution in [1.82, 2.24) is 0 Å². The average molecular weight is 248 g/mol. The zero-order chi connectivity index (χ0) is 12.3. The number of rotatable bonds is 4. The number of thioether (sulfide) groups is 1. The number of para-hydroxylation sites is 1. The first kappa shape index (κ1) is 12.2. The summed E-state index contributed by atoms with van der Waals surface area (Å²) in [6, 6.07) is 7.84. The number of carbonyl (C=O) groups excluding carboxylic acids is 1. The maximum absolute atomic E-state index is 12.0. The molecule has 1 aliphatic rings. The molecule has 1 unspecified atom stereocenters. The van der Waals surface area contributed by atoms with Gasteiger partial charge in [0.2, 0.25) is 0 Å². The maximum Gasteiger partial charge on any atom is 0.178 e. The van der Waals surface area contributed by atoms with Crippen molar-refractivity contribution < 1.29 is 9.53 Å². The molecule has 0 spiro atoms. The molecule has 0 saturated heterocycles. The van der Waals surface area contributed by atoms with Gasteiger partial charge in [0.1, 0.15) is 5.75 Å². The highest BCUT2D eigenvalue weighted by molar-refractivity contribution is 7.99. The quantitative estimate of drug-likeness (QED) is 0.763. The fourth-order valence-corrected chi connectivity index (χ4v) is 2.68. The zero-order valence-corrected chi connectivity index (χ0v) is 10.8. The van der Waals surface area contributed by atoms with E-state index in [-0.39, 0.29) is 11.9 Å². The topological polar surface area (TPSA) is 26.3 Å². The summed E-state index contributed by atoms with van der Waals surface area (Å²) >= 11 is 1.68. The molecular weight excluding hydrogens is 232 g/mol. The molecule has 17 heavy (non-hydrogen) atoms. The molecule has 0 saturated carbocycles. The fourth-order valence-electron chi connectivity index (χ4n) is 1.66. The minimum Gasteiger partial charge on any atom is -0.481 e. The zero-order valence-electron chi connectivity index (χ0n) is 9.94. The van der Waals surface area contributed by atoms with Gasteiger partial charge in [-0.15, -0.1) is 11.8 Å². The lowest BCUT2D eigenvalue weighted by Crippen LogP contribution is -2.32. The van der Waals surface area contributed by atoms with E-state index in [9.17, 15) is 4.79 Å². The van der Waals surface area contributed by atoms with Crippen LogP contribution in [-0.4, -0.2) is 17.6 Å². The highest BCUT2D eigenvalue weighted by Crippen LogP contribution is 2.35. The van der Waals surface area contributed by atoms with Crippen molar-refractivity contribution >= 4 is 17.5 Å². The Kier molecular flexibility index (Phi) is 3.89. The summed E-state index contributed by atoms with van der Waals surface area (Å²) in [4.78, 5) is 13.1. The van der Waals surface area contributed by atoms with E-state index < -0.39 is 0 Å². The van der Waals surface area contributed by atoms with Crippen LogP contribution in [0.3, 0.4) is 0 Å². The molecule has 0 radical (unpaired) electrons. The molecule has 1 heterocycles. The molecule has 0 aliphatic carbocycles. The van der Waals surface area contributed by atoms with Gasteiger partial charge in [0.25, 0.3) is 0 Å². The van der Waals surface area contributed by atoms with E-state index in [0.717, 1.165) is 22.6 Å². The van der Waals surface area contributed by atoms with Crippen LogP contribution in [0.2, 0.25) is 0 Å². The first-order chi connectivity index (χ1) is 8.20. The second-order valence-electron chi connectivity index (χ2n) is 4.11. The minimum absolute atomic E-state index is 0.138. The number of Topliss-reactive ketones (excluding diaryl/α,β-unsaturated/α-hetero) is 1. The number of hydrogen-bond donors (Lipinski definition) is 0. The van der Waals surface area contributed by atoms with Crippen molar-refractivity contribution in [2.45, 2.75) is 30.8 Å². The van der Waals surface area contributed by atoms with Gasteiger partial charge in [-0.1, -0.05) is 31.2 Å². The summed E-state index contributed by atoms with van der Waals surface area (Å²) in [6.45, 7) is 5.88. The van der Waals surface area contributed by atoms with Crippen molar-refractivity contribution in [2.75, 3.05) is 5.75 Å². The predicted octanol–water partition coefficient (Wildman–Crippen LogP) is 3.47. The third-order valence-corrected chi connectivity index (χ3v) is 3.91. The molecule has 1 aliphatic heterocycles. The summed E-state index contributed by atoms with van der Waals surface area (Å²) in [6.07, 6.45) is 0.963. The Balaban J connectivity index is 2.02. The molecule has 1 atom stereocenters. The third-order valence-electron chi connectivity index (χ3n) is 2.79. The highest BCUT2D eigenvalue weighted by Gasteiger charge is 2.26. The number of carbonyl (C=O) groups is 1. The molecule has 1 aromatic rings. The molecule has 90 valence electrons. The van der Waals surface area contributed by atoms with Crippen LogP contribution in [0.15, 0.2) is 41.3 Å². The van der Waals surface area contributed by atoms with Gasteiger partial charge < -0.3 is 4.74 Å². The van der Waals surface area contributed by atoms with Crippen LogP contribution in [0.5, 0.6) is 5.75 Å². The van der Waals surface area contributed by atoms with Crippen LogP contribution < -0.4 is 4.74 Å². The molecule has 1 aromatic carbocycles. The molecule has 3 heteroatoms. The fraction of sp³-hybridized carbons (Fsp3) is 0.357. The van der Waals surface area contributed by atoms with Crippen LogP contribution in [0, 0.1) is 0 Å². The predicted molar refractivity (Wildman–Crippen MR) is 70.6 cm³/mol. The number of ether oxygens (including phenoxy) is 1. The average Bonchev–Trinajstić information content (AvgIpc) is 2.38. The lowest BCUT2D eigenvalue weighted by molar-refractivity contribution is -0.124. The number of benzene rings is 1. The standard InChI is InChI=1S/C14H16O2S/c1-3-10(2)8-11(15)13-9-17-14-7-5-4-6-12(14)16-13/h4-7,13H,2-3,8-9H2,1H3. The normalized spacial score (nSPS) is 18.1. The maximum atomic E-state index is 12.0. The Morgan fingerprint density at radius 2 is 2.29 bits per heavy atom. The van der Waals surface area contributed by atoms with Crippen LogP contribution in [0.25, 0.3) is 0 Å². The Morgan fingerprint density at radius 3 is 3.06 bits per heavy atom. The summed E-state index contributed by atoms with van der Waals surface area (Å²) in [5.74, 6) is 1.66. The van der Waals surface area contributed by atoms with E-state index in [2.05, 4.69) is 6.58 Å². The van der Waals surface area contributed by atoms with Gasteiger partial charge in [-0.3, -0.25) is 4.79 Å². The van der Waals surface area contributed by atoms with Crippen LogP contribution in [-0.2, 0) is 4.79 Å². The van der Waals surface area contributed by atoms with Crippen LogP contribution in [0.4, 0.5) is 0 Å². The lowest BCUT2D eigenvalue weighted by Gasteiger charge is -2.24. The minimum atomic E-state index is -0.321. The Hall–Kier alpha value is -1.22. The summed E-state index contributed by atoms with van der Waals surface area (Å²) in [7, 11) is 0. The van der Waals surface area contributed by atoms with Crippen molar-refractivity contribution in [2.24, 2.45) is 0 Å². The van der Waals surface area contributed by atoms with Gasteiger partial charge in [0.05, 0.1) is 0 Å². The smallest absolute Gasteiger partial charge is 0.178 e. The molecule has 0 bridgehead atoms. The second-order valence-corrected chi connectivity index (χ2v) is 5.17. The van der Waals surface area contributed by atoms with E-state index in [1.165, 1.54) is 0 Å². The molecule has 0 amide bonds. The van der Waals surface area contributed by atoms with Gasteiger partial charge in [0, 0.05) is 17.1 Å². The van der Waals surface area contributed by atoms with Gasteiger partial charge in [0.15, 0.2) is 11.9 Å². The molecular formula is C14H16O2S. The number of ketones is 1. The summed E-state index contributed by atoms with van der Waals surface area (Å²) in [5, 5.41) is 0. The van der Waals surface area contributed by atoms with Crippen molar-refractivity contribution in [3.05, 3.63) is 36.4 Å². The van der Waals surface area contributed by atoms with Gasteiger partial charge in [-0.05, 0) is 18.6 Å². The number of fused-ring (bicyclic) bond motifs is 1. The largest absolute Gasteiger partial charge is 0.481 e. The van der Waals surface area contributed by atoms with E-state index in [1.54, 1.807) is 11.8 Å². The second kappa shape index (κ2) is 5.41. The van der Waals surface area contributed by atoms with Crippen LogP contribution >= 0.6 is 11.8 Å². The van der Waals surface area contributed by atoms with E-state index >= 15 is 0 Å². The van der Waals surface area contributed by atoms with Crippen LogP contribution in [0.1, 0.15) is 19.8 Å². The molecule has 2 nitrogen and oxygen atoms in total. The number of allylic oxidation sites excluding steroid dienone is 1. The van der Waals surface area contributed by atoms with Gasteiger partial charge in [-0.2, -0.15) is 0 Å². The van der Waals surface area contributed by atoms with E-state index in [1.807, 2.05) is 31.2 Å². The molecule has 0 N–H and O–H groups in total. The Morgan fingerprint density at radius 1 is 1.53 bits per heavy atom. The van der Waals surface area contributed by atoms with Crippen molar-refractivity contribution in [1.29, 1.82) is 0 Å². The van der Waals surface area contributed by atoms with Gasteiger partial charge >= 0.3 is 0 Å². The molecule has 0 fully saturated rings. The Bertz CT molecular complexity index is 440. The van der Waals surface area contributed by atoms with Gasteiger partial charge in [-0.25, -0.2) is 0 Å². The highest BCUT2D eigenvalue weighted by atomic mass is 32.2. The van der Waals surface area contributed by atoms with Crippen molar-refractivity contribution in [3.8, 4) is 5.75 Å². The van der Waals surface area contributed by atoms with Crippen molar-refractivity contribution in [3.63, 3.8) is 0 Å². The molecule has 2 rings (SSSR count). The number of hydrogen-bond acceptors (Lipinski definition) is 3. The first-order valence-electron chi connectivity index (χ1n) is 5.78. The van der Waals surface area contributed by atoms with E-state index in [4.69, 9.17) is 4.74 Å². The Labute approximate surface area is 106 Å². The summed E-state index contributed by atoms with van der Waals surface area (Å²) in [5.41, 5.74) is 0.974. The lowest BCUT2D eigenvalue weighted by atomic mass is 10.1. The SMILES string of the molecule is C=C(CC)CC(=O)C1CSc2ccccc2O1. The summed E-state index contributed by atoms with van der Waals surface area (Å²) < 4.78 is 5.73. The first-order valence-corrected chi connectivity index (χ1v) is 6.77. The third kappa shape index (κ3) is 2.91. The van der Waals surface area contributed by atoms with E-state index in [0.29, 0.717) is 12.2 Å².